The van der Waals surface area contributed by atoms with Crippen molar-refractivity contribution in [3.63, 3.8) is 0 Å². The highest BCUT2D eigenvalue weighted by molar-refractivity contribution is 5.85. The van der Waals surface area contributed by atoms with Gasteiger partial charge >= 0.3 is 0 Å². The number of nitrogens with zero attached hydrogens (tertiary/aromatic N) is 1. The van der Waals surface area contributed by atoms with Crippen LogP contribution in [0.1, 0.15) is 78.1 Å². The van der Waals surface area contributed by atoms with Crippen LogP contribution < -0.4 is 11.1 Å². The van der Waals surface area contributed by atoms with E-state index in [0.29, 0.717) is 18.3 Å². The molecule has 6 heteroatoms. The smallest absolute Gasteiger partial charge is 0.225 e. The van der Waals surface area contributed by atoms with Crippen molar-refractivity contribution in [1.82, 2.24) is 10.2 Å². The second-order valence-corrected chi connectivity index (χ2v) is 8.93. The molecular weight excluding hydrogens is 362 g/mol. The van der Waals surface area contributed by atoms with Crippen molar-refractivity contribution in [2.75, 3.05) is 13.6 Å². The summed E-state index contributed by atoms with van der Waals surface area (Å²) in [6.07, 6.45) is 10.1. The molecule has 5 nitrogen and oxygen atoms in total. The summed E-state index contributed by atoms with van der Waals surface area (Å²) in [5.41, 5.74) is 6.09. The lowest BCUT2D eigenvalue weighted by Crippen LogP contribution is -2.42. The van der Waals surface area contributed by atoms with Gasteiger partial charge in [-0.25, -0.2) is 0 Å². The molecule has 2 aliphatic rings. The third kappa shape index (κ3) is 7.98. The quantitative estimate of drug-likeness (QED) is 0.653. The average Bonchev–Trinajstić information content (AvgIpc) is 3.12. The summed E-state index contributed by atoms with van der Waals surface area (Å²) < 4.78 is 0. The highest BCUT2D eigenvalue weighted by Crippen LogP contribution is 2.29. The van der Waals surface area contributed by atoms with Crippen LogP contribution in [0.25, 0.3) is 0 Å². The molecule has 0 saturated heterocycles. The fourth-order valence-electron chi connectivity index (χ4n) is 4.35. The number of nitrogens with two attached hydrogens (primary N) is 1. The molecule has 0 bridgehead atoms. The SMILES string of the molecule is CC(C)C(N)CCN(C)C(=O)C1CCC(NC(=O)CC2CCCC2)CC1.Cl. The first-order chi connectivity index (χ1) is 12.4. The Morgan fingerprint density at radius 3 is 2.22 bits per heavy atom. The van der Waals surface area contributed by atoms with Gasteiger partial charge in [0.05, 0.1) is 0 Å². The van der Waals surface area contributed by atoms with Crippen LogP contribution in [0.4, 0.5) is 0 Å². The molecule has 0 radical (unpaired) electrons. The third-order valence-corrected chi connectivity index (χ3v) is 6.42. The molecule has 0 aromatic rings. The van der Waals surface area contributed by atoms with E-state index in [0.717, 1.165) is 38.6 Å². The number of halogens is 1. The first-order valence-corrected chi connectivity index (χ1v) is 10.7. The van der Waals surface area contributed by atoms with Crippen molar-refractivity contribution in [3.05, 3.63) is 0 Å². The predicted molar refractivity (Wildman–Crippen MR) is 113 cm³/mol. The number of rotatable bonds is 8. The van der Waals surface area contributed by atoms with Gasteiger partial charge in [0.1, 0.15) is 0 Å². The maximum Gasteiger partial charge on any atom is 0.225 e. The normalized spacial score (nSPS) is 24.3. The van der Waals surface area contributed by atoms with E-state index in [1.165, 1.54) is 25.7 Å². The number of carbonyl (C=O) groups is 2. The first-order valence-electron chi connectivity index (χ1n) is 10.7. The summed E-state index contributed by atoms with van der Waals surface area (Å²) in [5.74, 6) is 1.61. The van der Waals surface area contributed by atoms with Crippen LogP contribution in [-0.4, -0.2) is 42.4 Å². The maximum atomic E-state index is 12.6. The Bertz CT molecular complexity index is 458. The Morgan fingerprint density at radius 1 is 1.07 bits per heavy atom. The van der Waals surface area contributed by atoms with Gasteiger partial charge in [-0.15, -0.1) is 12.4 Å². The van der Waals surface area contributed by atoms with E-state index in [9.17, 15) is 9.59 Å². The molecule has 0 spiro atoms. The van der Waals surface area contributed by atoms with Crippen LogP contribution >= 0.6 is 12.4 Å². The van der Waals surface area contributed by atoms with E-state index in [1.54, 1.807) is 0 Å². The van der Waals surface area contributed by atoms with Crippen molar-refractivity contribution in [1.29, 1.82) is 0 Å². The van der Waals surface area contributed by atoms with Gasteiger partial charge in [0.2, 0.25) is 11.8 Å². The highest BCUT2D eigenvalue weighted by Gasteiger charge is 2.29. The Kier molecular flexibility index (Phi) is 10.7. The second-order valence-electron chi connectivity index (χ2n) is 8.93. The van der Waals surface area contributed by atoms with Crippen molar-refractivity contribution in [3.8, 4) is 0 Å². The molecular formula is C21H40ClN3O2. The van der Waals surface area contributed by atoms with Crippen molar-refractivity contribution in [2.45, 2.75) is 90.1 Å². The lowest BCUT2D eigenvalue weighted by molar-refractivity contribution is -0.135. The molecule has 0 heterocycles. The summed E-state index contributed by atoms with van der Waals surface area (Å²) in [6, 6.07) is 0.406. The molecule has 27 heavy (non-hydrogen) atoms. The lowest BCUT2D eigenvalue weighted by atomic mass is 9.85. The van der Waals surface area contributed by atoms with E-state index < -0.39 is 0 Å². The molecule has 1 atom stereocenters. The van der Waals surface area contributed by atoms with E-state index in [1.807, 2.05) is 11.9 Å². The van der Waals surface area contributed by atoms with Crippen LogP contribution in [0, 0.1) is 17.8 Å². The Morgan fingerprint density at radius 2 is 1.67 bits per heavy atom. The molecule has 2 aliphatic carbocycles. The molecule has 2 fully saturated rings. The molecule has 0 aromatic carbocycles. The number of nitrogens with one attached hydrogen (secondary N) is 1. The van der Waals surface area contributed by atoms with E-state index in [2.05, 4.69) is 19.2 Å². The summed E-state index contributed by atoms with van der Waals surface area (Å²) >= 11 is 0. The van der Waals surface area contributed by atoms with E-state index in [4.69, 9.17) is 5.73 Å². The Hall–Kier alpha value is -0.810. The fourth-order valence-corrected chi connectivity index (χ4v) is 4.35. The topological polar surface area (TPSA) is 75.4 Å². The number of amides is 2. The average molecular weight is 402 g/mol. The van der Waals surface area contributed by atoms with E-state index in [-0.39, 0.29) is 42.2 Å². The summed E-state index contributed by atoms with van der Waals surface area (Å²) in [4.78, 5) is 26.7. The van der Waals surface area contributed by atoms with Gasteiger partial charge in [-0.2, -0.15) is 0 Å². The van der Waals surface area contributed by atoms with Crippen LogP contribution in [-0.2, 0) is 9.59 Å². The molecule has 0 aromatic heterocycles. The number of hydrogen-bond acceptors (Lipinski definition) is 3. The fraction of sp³-hybridized carbons (Fsp3) is 0.905. The van der Waals surface area contributed by atoms with Crippen LogP contribution in [0.15, 0.2) is 0 Å². The van der Waals surface area contributed by atoms with Crippen LogP contribution in [0.2, 0.25) is 0 Å². The van der Waals surface area contributed by atoms with Crippen molar-refractivity contribution < 1.29 is 9.59 Å². The predicted octanol–water partition coefficient (Wildman–Crippen LogP) is 3.50. The minimum Gasteiger partial charge on any atom is -0.353 e. The second kappa shape index (κ2) is 11.9. The molecule has 1 unspecified atom stereocenters. The zero-order valence-electron chi connectivity index (χ0n) is 17.4. The van der Waals surface area contributed by atoms with Gasteiger partial charge in [0, 0.05) is 38.0 Å². The largest absolute Gasteiger partial charge is 0.353 e. The summed E-state index contributed by atoms with van der Waals surface area (Å²) in [7, 11) is 1.89. The zero-order chi connectivity index (χ0) is 19.1. The number of carbonyl (C=O) groups excluding carboxylic acids is 2. The minimum absolute atomic E-state index is 0. The maximum absolute atomic E-state index is 12.6. The molecule has 2 amide bonds. The Balaban J connectivity index is 0.00000364. The Labute approximate surface area is 171 Å². The van der Waals surface area contributed by atoms with Crippen molar-refractivity contribution >= 4 is 24.2 Å². The zero-order valence-corrected chi connectivity index (χ0v) is 18.2. The van der Waals surface area contributed by atoms with Gasteiger partial charge in [0.25, 0.3) is 0 Å². The summed E-state index contributed by atoms with van der Waals surface area (Å²) in [6.45, 7) is 4.97. The van der Waals surface area contributed by atoms with Gasteiger partial charge in [-0.05, 0) is 56.8 Å². The molecule has 2 saturated carbocycles. The minimum atomic E-state index is 0. The standard InChI is InChI=1S/C21H39N3O2.ClH/c1-15(2)19(22)12-13-24(3)21(26)17-8-10-18(11-9-17)23-20(25)14-16-6-4-5-7-16;/h15-19H,4-14,22H2,1-3H3,(H,23,25);1H. The van der Waals surface area contributed by atoms with Crippen LogP contribution in [0.5, 0.6) is 0 Å². The van der Waals surface area contributed by atoms with Gasteiger partial charge in [-0.3, -0.25) is 9.59 Å². The molecule has 158 valence electrons. The number of hydrogen-bond donors (Lipinski definition) is 2. The van der Waals surface area contributed by atoms with Crippen molar-refractivity contribution in [2.24, 2.45) is 23.5 Å². The lowest BCUT2D eigenvalue weighted by Gasteiger charge is -2.31. The monoisotopic (exact) mass is 401 g/mol. The highest BCUT2D eigenvalue weighted by atomic mass is 35.5. The van der Waals surface area contributed by atoms with Gasteiger partial charge in [-0.1, -0.05) is 26.7 Å². The van der Waals surface area contributed by atoms with Gasteiger partial charge < -0.3 is 16.0 Å². The van der Waals surface area contributed by atoms with E-state index >= 15 is 0 Å². The molecule has 2 rings (SSSR count). The first kappa shape index (κ1) is 24.2. The van der Waals surface area contributed by atoms with Crippen LogP contribution in [0.3, 0.4) is 0 Å². The summed E-state index contributed by atoms with van der Waals surface area (Å²) in [5, 5.41) is 3.21. The van der Waals surface area contributed by atoms with Gasteiger partial charge in [0.15, 0.2) is 0 Å². The molecule has 3 N–H and O–H groups in total. The third-order valence-electron chi connectivity index (χ3n) is 6.42. The molecule has 0 aliphatic heterocycles.